The van der Waals surface area contributed by atoms with Crippen molar-refractivity contribution in [2.75, 3.05) is 13.2 Å². The largest absolute Gasteiger partial charge is 0.377 e. The van der Waals surface area contributed by atoms with Gasteiger partial charge in [0.25, 0.3) is 0 Å². The number of rotatable bonds is 6. The first-order valence-electron chi connectivity index (χ1n) is 8.07. The minimum atomic E-state index is 0.379. The number of para-hydroxylation sites is 1. The third-order valence-electron chi connectivity index (χ3n) is 4.14. The molecule has 0 unspecified atom stereocenters. The summed E-state index contributed by atoms with van der Waals surface area (Å²) < 4.78 is 7.12. The number of ether oxygens (including phenoxy) is 1. The SMILES string of the molecule is c1csc(CN(Cc2nc3ccccc3s2)C[C@@H]2CCCO2)c1. The van der Waals surface area contributed by atoms with E-state index in [1.54, 1.807) is 11.3 Å². The molecule has 0 bridgehead atoms. The van der Waals surface area contributed by atoms with Crippen LogP contribution in [0.3, 0.4) is 0 Å². The number of thiazole rings is 1. The van der Waals surface area contributed by atoms with E-state index < -0.39 is 0 Å². The zero-order valence-corrected chi connectivity index (χ0v) is 14.6. The second-order valence-corrected chi connectivity index (χ2v) is 8.11. The summed E-state index contributed by atoms with van der Waals surface area (Å²) in [6, 6.07) is 12.7. The number of fused-ring (bicyclic) bond motifs is 1. The zero-order valence-electron chi connectivity index (χ0n) is 13.0. The van der Waals surface area contributed by atoms with Gasteiger partial charge in [0.05, 0.1) is 22.9 Å². The third-order valence-corrected chi connectivity index (χ3v) is 6.02. The Hall–Kier alpha value is -1.27. The van der Waals surface area contributed by atoms with Crippen molar-refractivity contribution < 1.29 is 4.74 Å². The second kappa shape index (κ2) is 7.09. The Morgan fingerprint density at radius 2 is 2.13 bits per heavy atom. The Bertz CT molecular complexity index is 714. The minimum Gasteiger partial charge on any atom is -0.377 e. The molecule has 1 aliphatic rings. The average molecular weight is 345 g/mol. The van der Waals surface area contributed by atoms with Gasteiger partial charge in [0, 0.05) is 24.6 Å². The van der Waals surface area contributed by atoms with Crippen molar-refractivity contribution in [2.45, 2.75) is 32.0 Å². The van der Waals surface area contributed by atoms with E-state index in [1.807, 2.05) is 11.3 Å². The molecule has 1 aromatic carbocycles. The van der Waals surface area contributed by atoms with Crippen LogP contribution in [0.25, 0.3) is 10.2 Å². The van der Waals surface area contributed by atoms with Gasteiger partial charge in [-0.3, -0.25) is 4.90 Å². The maximum absolute atomic E-state index is 5.84. The van der Waals surface area contributed by atoms with E-state index in [4.69, 9.17) is 9.72 Å². The van der Waals surface area contributed by atoms with Gasteiger partial charge in [-0.25, -0.2) is 4.98 Å². The van der Waals surface area contributed by atoms with Crippen molar-refractivity contribution in [3.63, 3.8) is 0 Å². The summed E-state index contributed by atoms with van der Waals surface area (Å²) in [7, 11) is 0. The van der Waals surface area contributed by atoms with Crippen molar-refractivity contribution in [3.8, 4) is 0 Å². The molecule has 0 aliphatic carbocycles. The van der Waals surface area contributed by atoms with Crippen LogP contribution in [0.2, 0.25) is 0 Å². The maximum Gasteiger partial charge on any atom is 0.108 e. The van der Waals surface area contributed by atoms with E-state index in [-0.39, 0.29) is 0 Å². The van der Waals surface area contributed by atoms with Crippen molar-refractivity contribution in [1.82, 2.24) is 9.88 Å². The van der Waals surface area contributed by atoms with Gasteiger partial charge in [-0.05, 0) is 36.4 Å². The Balaban J connectivity index is 1.51. The summed E-state index contributed by atoms with van der Waals surface area (Å²) in [6.07, 6.45) is 2.75. The normalized spacial score (nSPS) is 18.2. The highest BCUT2D eigenvalue weighted by Gasteiger charge is 2.20. The number of nitrogens with zero attached hydrogens (tertiary/aromatic N) is 2. The van der Waals surface area contributed by atoms with Crippen LogP contribution in [0.5, 0.6) is 0 Å². The summed E-state index contributed by atoms with van der Waals surface area (Å²) in [5, 5.41) is 3.35. The summed E-state index contributed by atoms with van der Waals surface area (Å²) >= 11 is 3.63. The highest BCUT2D eigenvalue weighted by Crippen LogP contribution is 2.24. The Kier molecular flexibility index (Phi) is 4.71. The standard InChI is InChI=1S/C18H20N2OS2/c1-2-8-17-16(7-1)19-18(23-17)13-20(11-14-5-3-9-21-14)12-15-6-4-10-22-15/h1-2,4,6-8,10,14H,3,5,9,11-13H2/t14-/m0/s1. The first-order valence-corrected chi connectivity index (χ1v) is 9.77. The molecule has 1 atom stereocenters. The van der Waals surface area contributed by atoms with E-state index in [9.17, 15) is 0 Å². The van der Waals surface area contributed by atoms with Gasteiger partial charge in [-0.1, -0.05) is 18.2 Å². The molecule has 3 heterocycles. The molecule has 0 N–H and O–H groups in total. The molecule has 3 nitrogen and oxygen atoms in total. The first kappa shape index (κ1) is 15.3. The van der Waals surface area contributed by atoms with Gasteiger partial charge in [0.15, 0.2) is 0 Å². The van der Waals surface area contributed by atoms with E-state index in [0.29, 0.717) is 6.10 Å². The van der Waals surface area contributed by atoms with Gasteiger partial charge >= 0.3 is 0 Å². The average Bonchev–Trinajstić information content (AvgIpc) is 3.27. The van der Waals surface area contributed by atoms with E-state index in [2.05, 4.69) is 46.7 Å². The highest BCUT2D eigenvalue weighted by molar-refractivity contribution is 7.18. The van der Waals surface area contributed by atoms with Gasteiger partial charge in [-0.15, -0.1) is 22.7 Å². The molecular formula is C18H20N2OS2. The molecule has 1 saturated heterocycles. The molecule has 0 amide bonds. The fourth-order valence-electron chi connectivity index (χ4n) is 3.06. The van der Waals surface area contributed by atoms with Gasteiger partial charge in [0.2, 0.25) is 0 Å². The molecule has 4 rings (SSSR count). The van der Waals surface area contributed by atoms with Crippen molar-refractivity contribution >= 4 is 32.9 Å². The van der Waals surface area contributed by atoms with Gasteiger partial charge in [-0.2, -0.15) is 0 Å². The molecule has 120 valence electrons. The maximum atomic E-state index is 5.84. The topological polar surface area (TPSA) is 25.4 Å². The predicted octanol–water partition coefficient (Wildman–Crippen LogP) is 4.54. The highest BCUT2D eigenvalue weighted by atomic mass is 32.1. The predicted molar refractivity (Wildman–Crippen MR) is 97.0 cm³/mol. The van der Waals surface area contributed by atoms with Crippen LogP contribution < -0.4 is 0 Å². The van der Waals surface area contributed by atoms with Gasteiger partial charge < -0.3 is 4.74 Å². The minimum absolute atomic E-state index is 0.379. The Labute approximate surface area is 144 Å². The van der Waals surface area contributed by atoms with Crippen molar-refractivity contribution in [2.24, 2.45) is 0 Å². The summed E-state index contributed by atoms with van der Waals surface area (Å²) in [5.41, 5.74) is 1.11. The lowest BCUT2D eigenvalue weighted by molar-refractivity contribution is 0.0682. The van der Waals surface area contributed by atoms with Gasteiger partial charge in [0.1, 0.15) is 5.01 Å². The molecule has 1 fully saturated rings. The number of hydrogen-bond acceptors (Lipinski definition) is 5. The van der Waals surface area contributed by atoms with E-state index in [1.165, 1.54) is 27.4 Å². The van der Waals surface area contributed by atoms with Crippen molar-refractivity contribution in [1.29, 1.82) is 0 Å². The van der Waals surface area contributed by atoms with Crippen LogP contribution in [-0.4, -0.2) is 29.1 Å². The van der Waals surface area contributed by atoms with Crippen LogP contribution in [0, 0.1) is 0 Å². The molecule has 5 heteroatoms. The number of benzene rings is 1. The second-order valence-electron chi connectivity index (χ2n) is 5.96. The van der Waals surface area contributed by atoms with Crippen LogP contribution in [0.4, 0.5) is 0 Å². The molecule has 2 aromatic heterocycles. The summed E-state index contributed by atoms with van der Waals surface area (Å²) in [4.78, 5) is 8.69. The van der Waals surface area contributed by atoms with E-state index >= 15 is 0 Å². The molecule has 23 heavy (non-hydrogen) atoms. The lowest BCUT2D eigenvalue weighted by atomic mass is 10.2. The van der Waals surface area contributed by atoms with Crippen LogP contribution >= 0.6 is 22.7 Å². The number of aromatic nitrogens is 1. The third kappa shape index (κ3) is 3.80. The molecule has 0 spiro atoms. The number of thiophene rings is 1. The lowest BCUT2D eigenvalue weighted by Gasteiger charge is -2.23. The Morgan fingerprint density at radius 1 is 1.17 bits per heavy atom. The molecule has 0 radical (unpaired) electrons. The monoisotopic (exact) mass is 344 g/mol. The fraction of sp³-hybridized carbons (Fsp3) is 0.389. The number of hydrogen-bond donors (Lipinski definition) is 0. The molecule has 3 aromatic rings. The van der Waals surface area contributed by atoms with Crippen LogP contribution in [-0.2, 0) is 17.8 Å². The van der Waals surface area contributed by atoms with Crippen molar-refractivity contribution in [3.05, 3.63) is 51.7 Å². The fourth-order valence-corrected chi connectivity index (χ4v) is 4.82. The molecular weight excluding hydrogens is 324 g/mol. The zero-order chi connectivity index (χ0) is 15.5. The first-order chi connectivity index (χ1) is 11.4. The molecule has 1 aliphatic heterocycles. The summed E-state index contributed by atoms with van der Waals surface area (Å²) in [6.45, 7) is 3.79. The van der Waals surface area contributed by atoms with Crippen LogP contribution in [0.15, 0.2) is 41.8 Å². The quantitative estimate of drug-likeness (QED) is 0.656. The Morgan fingerprint density at radius 3 is 2.91 bits per heavy atom. The summed E-state index contributed by atoms with van der Waals surface area (Å²) in [5.74, 6) is 0. The van der Waals surface area contributed by atoms with Crippen LogP contribution in [0.1, 0.15) is 22.7 Å². The smallest absolute Gasteiger partial charge is 0.108 e. The molecule has 0 saturated carbocycles. The van der Waals surface area contributed by atoms with E-state index in [0.717, 1.165) is 31.8 Å². The lowest BCUT2D eigenvalue weighted by Crippen LogP contribution is -2.31.